The Morgan fingerprint density at radius 2 is 1.46 bits per heavy atom. The lowest BCUT2D eigenvalue weighted by Crippen LogP contribution is -2.12. The lowest BCUT2D eigenvalue weighted by Gasteiger charge is -2.10. The van der Waals surface area contributed by atoms with Crippen LogP contribution in [0, 0.1) is 0 Å². The molecule has 0 fully saturated rings. The molecule has 0 aliphatic rings. The minimum atomic E-state index is -0.321. The van der Waals surface area contributed by atoms with Crippen LogP contribution in [0.15, 0.2) is 78.9 Å². The van der Waals surface area contributed by atoms with Gasteiger partial charge in [-0.1, -0.05) is 68.4 Å². The third-order valence-electron chi connectivity index (χ3n) is 4.87. The second-order valence-corrected chi connectivity index (χ2v) is 6.81. The zero-order valence-electron chi connectivity index (χ0n) is 16.4. The largest absolute Gasteiger partial charge is 0.490 e. The van der Waals surface area contributed by atoms with E-state index in [1.165, 1.54) is 11.1 Å². The number of ether oxygens (including phenoxy) is 2. The molecule has 0 heterocycles. The maximum atomic E-state index is 12.1. The number of hydrogen-bond donors (Lipinski definition) is 0. The van der Waals surface area contributed by atoms with Crippen molar-refractivity contribution in [3.63, 3.8) is 0 Å². The molecular weight excluding hydrogens is 348 g/mol. The van der Waals surface area contributed by atoms with Gasteiger partial charge in [-0.3, -0.25) is 0 Å². The molecule has 3 nitrogen and oxygen atoms in total. The number of carbonyl (C=O) groups excluding carboxylic acids is 1. The van der Waals surface area contributed by atoms with Crippen molar-refractivity contribution in [2.24, 2.45) is 0 Å². The summed E-state index contributed by atoms with van der Waals surface area (Å²) in [5.41, 5.74) is 4.11. The van der Waals surface area contributed by atoms with Gasteiger partial charge < -0.3 is 9.47 Å². The molecule has 0 aliphatic heterocycles. The van der Waals surface area contributed by atoms with E-state index in [1.807, 2.05) is 66.7 Å². The maximum absolute atomic E-state index is 12.1. The highest BCUT2D eigenvalue weighted by Crippen LogP contribution is 2.22. The molecule has 28 heavy (non-hydrogen) atoms. The highest BCUT2D eigenvalue weighted by Gasteiger charge is 2.09. The summed E-state index contributed by atoms with van der Waals surface area (Å²) >= 11 is 0. The van der Waals surface area contributed by atoms with Gasteiger partial charge in [0.25, 0.3) is 0 Å². The molecule has 0 aromatic heterocycles. The Morgan fingerprint density at radius 1 is 0.821 bits per heavy atom. The van der Waals surface area contributed by atoms with E-state index in [9.17, 15) is 4.79 Å². The third-order valence-corrected chi connectivity index (χ3v) is 4.87. The maximum Gasteiger partial charge on any atom is 0.338 e. The van der Waals surface area contributed by atoms with E-state index < -0.39 is 0 Å². The van der Waals surface area contributed by atoms with Gasteiger partial charge in [-0.05, 0) is 53.3 Å². The average Bonchev–Trinajstić information content (AvgIpc) is 2.77. The molecule has 0 amide bonds. The normalized spacial score (nSPS) is 11.6. The number of carbonyl (C=O) groups is 1. The lowest BCUT2D eigenvalue weighted by atomic mass is 9.98. The summed E-state index contributed by atoms with van der Waals surface area (Å²) in [6.45, 7) is 4.87. The minimum absolute atomic E-state index is 0.215. The topological polar surface area (TPSA) is 35.5 Å². The van der Waals surface area contributed by atoms with Crippen LogP contribution < -0.4 is 4.74 Å². The van der Waals surface area contributed by atoms with Crippen molar-refractivity contribution in [3.05, 3.63) is 90.0 Å². The molecule has 3 aromatic carbocycles. The monoisotopic (exact) mass is 374 g/mol. The smallest absolute Gasteiger partial charge is 0.338 e. The quantitative estimate of drug-likeness (QED) is 0.353. The van der Waals surface area contributed by atoms with Crippen molar-refractivity contribution in [2.75, 3.05) is 13.2 Å². The standard InChI is InChI=1S/C25H26O3/c1-3-19(2)20-9-11-23(12-10-20)25(26)28-18-17-27-24-15-13-22(14-16-24)21-7-5-4-6-8-21/h4-16,19H,3,17-18H2,1-2H3. The summed E-state index contributed by atoms with van der Waals surface area (Å²) in [5.74, 6) is 0.930. The summed E-state index contributed by atoms with van der Waals surface area (Å²) in [4.78, 5) is 12.1. The van der Waals surface area contributed by atoms with Crippen molar-refractivity contribution in [1.29, 1.82) is 0 Å². The van der Waals surface area contributed by atoms with Crippen LogP contribution in [-0.4, -0.2) is 19.2 Å². The van der Waals surface area contributed by atoms with Crippen LogP contribution >= 0.6 is 0 Å². The Bertz CT molecular complexity index is 868. The summed E-state index contributed by atoms with van der Waals surface area (Å²) in [6, 6.07) is 25.7. The minimum Gasteiger partial charge on any atom is -0.490 e. The van der Waals surface area contributed by atoms with Crippen LogP contribution in [-0.2, 0) is 4.74 Å². The number of rotatable bonds is 8. The Hall–Kier alpha value is -3.07. The summed E-state index contributed by atoms with van der Waals surface area (Å²) in [5, 5.41) is 0. The van der Waals surface area contributed by atoms with Crippen molar-refractivity contribution < 1.29 is 14.3 Å². The van der Waals surface area contributed by atoms with Crippen LogP contribution in [0.2, 0.25) is 0 Å². The van der Waals surface area contributed by atoms with E-state index in [0.717, 1.165) is 17.7 Å². The first kappa shape index (κ1) is 19.7. The van der Waals surface area contributed by atoms with E-state index in [0.29, 0.717) is 18.1 Å². The van der Waals surface area contributed by atoms with Crippen molar-refractivity contribution in [1.82, 2.24) is 0 Å². The fourth-order valence-electron chi connectivity index (χ4n) is 2.93. The Balaban J connectivity index is 1.44. The Kier molecular flexibility index (Phi) is 6.85. The van der Waals surface area contributed by atoms with Gasteiger partial charge in [0.1, 0.15) is 19.0 Å². The molecule has 0 aliphatic carbocycles. The molecule has 3 heteroatoms. The molecule has 0 spiro atoms. The second kappa shape index (κ2) is 9.75. The van der Waals surface area contributed by atoms with Crippen LogP contribution in [0.1, 0.15) is 42.1 Å². The van der Waals surface area contributed by atoms with Crippen LogP contribution in [0.3, 0.4) is 0 Å². The third kappa shape index (κ3) is 5.23. The highest BCUT2D eigenvalue weighted by molar-refractivity contribution is 5.89. The Labute approximate surface area is 166 Å². The molecule has 3 aromatic rings. The fraction of sp³-hybridized carbons (Fsp3) is 0.240. The molecule has 1 unspecified atom stereocenters. The predicted octanol–water partition coefficient (Wildman–Crippen LogP) is 6.10. The fourth-order valence-corrected chi connectivity index (χ4v) is 2.93. The summed E-state index contributed by atoms with van der Waals surface area (Å²) < 4.78 is 11.0. The molecule has 0 saturated carbocycles. The molecule has 0 radical (unpaired) electrons. The van der Waals surface area contributed by atoms with Gasteiger partial charge in [-0.2, -0.15) is 0 Å². The SMILES string of the molecule is CCC(C)c1ccc(C(=O)OCCOc2ccc(-c3ccccc3)cc2)cc1. The van der Waals surface area contributed by atoms with E-state index in [2.05, 4.69) is 26.0 Å². The second-order valence-electron chi connectivity index (χ2n) is 6.81. The van der Waals surface area contributed by atoms with Crippen molar-refractivity contribution >= 4 is 5.97 Å². The van der Waals surface area contributed by atoms with E-state index >= 15 is 0 Å². The van der Waals surface area contributed by atoms with E-state index in [-0.39, 0.29) is 12.6 Å². The Morgan fingerprint density at radius 3 is 2.11 bits per heavy atom. The van der Waals surface area contributed by atoms with Gasteiger partial charge in [0.05, 0.1) is 5.56 Å². The summed E-state index contributed by atoms with van der Waals surface area (Å²) in [6.07, 6.45) is 1.08. The number of esters is 1. The molecule has 3 rings (SSSR count). The first-order valence-electron chi connectivity index (χ1n) is 9.72. The van der Waals surface area contributed by atoms with Crippen LogP contribution in [0.5, 0.6) is 5.75 Å². The van der Waals surface area contributed by atoms with Gasteiger partial charge in [0, 0.05) is 0 Å². The average molecular weight is 374 g/mol. The zero-order chi connectivity index (χ0) is 19.8. The van der Waals surface area contributed by atoms with Crippen LogP contribution in [0.25, 0.3) is 11.1 Å². The summed E-state index contributed by atoms with van der Waals surface area (Å²) in [7, 11) is 0. The molecule has 0 saturated heterocycles. The molecule has 0 bridgehead atoms. The zero-order valence-corrected chi connectivity index (χ0v) is 16.4. The highest BCUT2D eigenvalue weighted by atomic mass is 16.6. The van der Waals surface area contributed by atoms with Gasteiger partial charge in [0.2, 0.25) is 0 Å². The molecule has 144 valence electrons. The molecular formula is C25H26O3. The van der Waals surface area contributed by atoms with Crippen LogP contribution in [0.4, 0.5) is 0 Å². The van der Waals surface area contributed by atoms with Gasteiger partial charge >= 0.3 is 5.97 Å². The number of hydrogen-bond acceptors (Lipinski definition) is 3. The first-order chi connectivity index (χ1) is 13.7. The lowest BCUT2D eigenvalue weighted by molar-refractivity contribution is 0.0450. The van der Waals surface area contributed by atoms with Crippen molar-refractivity contribution in [2.45, 2.75) is 26.2 Å². The van der Waals surface area contributed by atoms with Gasteiger partial charge in [-0.25, -0.2) is 4.79 Å². The van der Waals surface area contributed by atoms with E-state index in [1.54, 1.807) is 0 Å². The van der Waals surface area contributed by atoms with Crippen molar-refractivity contribution in [3.8, 4) is 16.9 Å². The predicted molar refractivity (Wildman–Crippen MR) is 113 cm³/mol. The van der Waals surface area contributed by atoms with E-state index in [4.69, 9.17) is 9.47 Å². The molecule has 0 N–H and O–H groups in total. The first-order valence-corrected chi connectivity index (χ1v) is 9.72. The molecule has 1 atom stereocenters. The van der Waals surface area contributed by atoms with Gasteiger partial charge in [-0.15, -0.1) is 0 Å². The number of benzene rings is 3. The van der Waals surface area contributed by atoms with Gasteiger partial charge in [0.15, 0.2) is 0 Å².